The fourth-order valence-electron chi connectivity index (χ4n) is 3.87. The zero-order valence-corrected chi connectivity index (χ0v) is 11.8. The van der Waals surface area contributed by atoms with Gasteiger partial charge in [-0.2, -0.15) is 0 Å². The number of carboxylic acid groups (broad SMARTS) is 1. The second-order valence-corrected chi connectivity index (χ2v) is 6.18. The summed E-state index contributed by atoms with van der Waals surface area (Å²) in [6, 6.07) is 0. The van der Waals surface area contributed by atoms with Gasteiger partial charge in [-0.25, -0.2) is 0 Å². The molecule has 0 aromatic carbocycles. The zero-order chi connectivity index (χ0) is 14.4. The summed E-state index contributed by atoms with van der Waals surface area (Å²) in [5, 5.41) is 9.38. The van der Waals surface area contributed by atoms with Crippen LogP contribution in [0.5, 0.6) is 0 Å². The molecule has 0 spiro atoms. The number of carbonyl (C=O) groups is 2. The standard InChI is InChI=1S/C14H21NO5/c1-7-5-15(6-8(2)19-7)13(16)11-9-3-4-10(20-9)12(11)14(17)18/h7-12H,3-6H2,1-2H3,(H,17,18)/t7-,8+,9-,10+,11-,12-/m1/s1. The number of carbonyl (C=O) groups excluding carboxylic acids is 1. The van der Waals surface area contributed by atoms with Gasteiger partial charge in [-0.05, 0) is 26.7 Å². The highest BCUT2D eigenvalue weighted by atomic mass is 16.5. The number of rotatable bonds is 2. The Morgan fingerprint density at radius 3 is 2.10 bits per heavy atom. The SMILES string of the molecule is C[C@@H]1CN(C(=O)[C@H]2[C@H](C(=O)O)[C@@H]3CC[C@H]2O3)C[C@H](C)O1. The minimum atomic E-state index is -0.912. The van der Waals surface area contributed by atoms with E-state index in [1.54, 1.807) is 4.90 Å². The van der Waals surface area contributed by atoms with E-state index in [1.165, 1.54) is 0 Å². The molecule has 6 heteroatoms. The maximum absolute atomic E-state index is 12.7. The monoisotopic (exact) mass is 283 g/mol. The number of fused-ring (bicyclic) bond motifs is 2. The van der Waals surface area contributed by atoms with Gasteiger partial charge in [0.2, 0.25) is 5.91 Å². The van der Waals surface area contributed by atoms with E-state index in [2.05, 4.69) is 0 Å². The lowest BCUT2D eigenvalue weighted by Crippen LogP contribution is -2.53. The van der Waals surface area contributed by atoms with Gasteiger partial charge in [0.05, 0.1) is 36.3 Å². The van der Waals surface area contributed by atoms with Gasteiger partial charge in [-0.1, -0.05) is 0 Å². The average molecular weight is 283 g/mol. The number of amides is 1. The molecule has 6 nitrogen and oxygen atoms in total. The fourth-order valence-corrected chi connectivity index (χ4v) is 3.87. The first-order valence-corrected chi connectivity index (χ1v) is 7.30. The van der Waals surface area contributed by atoms with Gasteiger partial charge in [-0.3, -0.25) is 9.59 Å². The highest BCUT2D eigenvalue weighted by Crippen LogP contribution is 2.44. The molecule has 3 heterocycles. The van der Waals surface area contributed by atoms with E-state index in [1.807, 2.05) is 13.8 Å². The van der Waals surface area contributed by atoms with Crippen LogP contribution in [0.4, 0.5) is 0 Å². The lowest BCUT2D eigenvalue weighted by molar-refractivity contribution is -0.156. The second-order valence-electron chi connectivity index (χ2n) is 6.18. The molecule has 3 rings (SSSR count). The average Bonchev–Trinajstić information content (AvgIpc) is 2.96. The molecule has 6 atom stereocenters. The topological polar surface area (TPSA) is 76.1 Å². The Kier molecular flexibility index (Phi) is 3.46. The number of hydrogen-bond acceptors (Lipinski definition) is 4. The van der Waals surface area contributed by atoms with Crippen molar-refractivity contribution >= 4 is 11.9 Å². The van der Waals surface area contributed by atoms with Crippen LogP contribution < -0.4 is 0 Å². The summed E-state index contributed by atoms with van der Waals surface area (Å²) in [5.41, 5.74) is 0. The molecule has 1 N–H and O–H groups in total. The molecule has 20 heavy (non-hydrogen) atoms. The van der Waals surface area contributed by atoms with E-state index < -0.39 is 17.8 Å². The van der Waals surface area contributed by atoms with Gasteiger partial charge in [0.1, 0.15) is 0 Å². The molecule has 3 fully saturated rings. The lowest BCUT2D eigenvalue weighted by Gasteiger charge is -2.38. The van der Waals surface area contributed by atoms with Crippen molar-refractivity contribution in [2.24, 2.45) is 11.8 Å². The largest absolute Gasteiger partial charge is 0.481 e. The minimum Gasteiger partial charge on any atom is -0.481 e. The third-order valence-electron chi connectivity index (χ3n) is 4.57. The van der Waals surface area contributed by atoms with Crippen LogP contribution >= 0.6 is 0 Å². The summed E-state index contributed by atoms with van der Waals surface area (Å²) in [6.45, 7) is 4.93. The van der Waals surface area contributed by atoms with Crippen molar-refractivity contribution in [1.82, 2.24) is 4.90 Å². The van der Waals surface area contributed by atoms with E-state index in [-0.39, 0.29) is 30.3 Å². The van der Waals surface area contributed by atoms with Crippen LogP contribution in [0, 0.1) is 11.8 Å². The van der Waals surface area contributed by atoms with Crippen LogP contribution in [-0.4, -0.2) is 59.4 Å². The number of nitrogens with zero attached hydrogens (tertiary/aromatic N) is 1. The highest BCUT2D eigenvalue weighted by Gasteiger charge is 2.56. The second kappa shape index (κ2) is 5.00. The smallest absolute Gasteiger partial charge is 0.310 e. The van der Waals surface area contributed by atoms with E-state index >= 15 is 0 Å². The van der Waals surface area contributed by atoms with Crippen LogP contribution in [-0.2, 0) is 19.1 Å². The summed E-state index contributed by atoms with van der Waals surface area (Å²) >= 11 is 0. The first kappa shape index (κ1) is 13.8. The van der Waals surface area contributed by atoms with E-state index in [0.717, 1.165) is 12.8 Å². The molecule has 0 aromatic heterocycles. The molecular weight excluding hydrogens is 262 g/mol. The highest BCUT2D eigenvalue weighted by molar-refractivity contribution is 5.86. The lowest BCUT2D eigenvalue weighted by atomic mass is 9.78. The molecule has 3 aliphatic rings. The molecule has 0 radical (unpaired) electrons. The summed E-state index contributed by atoms with van der Waals surface area (Å²) < 4.78 is 11.3. The molecule has 3 saturated heterocycles. The first-order chi connectivity index (χ1) is 9.47. The third-order valence-corrected chi connectivity index (χ3v) is 4.57. The fraction of sp³-hybridized carbons (Fsp3) is 0.857. The van der Waals surface area contributed by atoms with Crippen LogP contribution in [0.2, 0.25) is 0 Å². The Morgan fingerprint density at radius 2 is 1.55 bits per heavy atom. The Morgan fingerprint density at radius 1 is 1.00 bits per heavy atom. The van der Waals surface area contributed by atoms with Gasteiger partial charge >= 0.3 is 5.97 Å². The summed E-state index contributed by atoms with van der Waals surface area (Å²) in [5.74, 6) is -2.20. The molecule has 0 aliphatic carbocycles. The number of ether oxygens (including phenoxy) is 2. The van der Waals surface area contributed by atoms with Crippen molar-refractivity contribution in [1.29, 1.82) is 0 Å². The maximum atomic E-state index is 12.7. The summed E-state index contributed by atoms with van der Waals surface area (Å²) in [7, 11) is 0. The van der Waals surface area contributed by atoms with E-state index in [4.69, 9.17) is 9.47 Å². The molecule has 2 bridgehead atoms. The van der Waals surface area contributed by atoms with Crippen molar-refractivity contribution in [3.63, 3.8) is 0 Å². The van der Waals surface area contributed by atoms with E-state index in [0.29, 0.717) is 13.1 Å². The Labute approximate surface area is 118 Å². The van der Waals surface area contributed by atoms with Crippen LogP contribution in [0.15, 0.2) is 0 Å². The van der Waals surface area contributed by atoms with Gasteiger partial charge in [0.25, 0.3) is 0 Å². The van der Waals surface area contributed by atoms with Crippen molar-refractivity contribution in [3.8, 4) is 0 Å². The summed E-state index contributed by atoms with van der Waals surface area (Å²) in [6.07, 6.45) is 1.02. The van der Waals surface area contributed by atoms with Gasteiger partial charge in [-0.15, -0.1) is 0 Å². The van der Waals surface area contributed by atoms with Gasteiger partial charge in [0.15, 0.2) is 0 Å². The Balaban J connectivity index is 1.77. The quantitative estimate of drug-likeness (QED) is 0.798. The summed E-state index contributed by atoms with van der Waals surface area (Å²) in [4.78, 5) is 25.9. The van der Waals surface area contributed by atoms with Crippen molar-refractivity contribution in [2.45, 2.75) is 51.1 Å². The third kappa shape index (κ3) is 2.20. The van der Waals surface area contributed by atoms with Gasteiger partial charge < -0.3 is 19.5 Å². The van der Waals surface area contributed by atoms with Gasteiger partial charge in [0, 0.05) is 13.1 Å². The molecule has 112 valence electrons. The first-order valence-electron chi connectivity index (χ1n) is 7.30. The molecule has 0 saturated carbocycles. The predicted molar refractivity (Wildman–Crippen MR) is 69.1 cm³/mol. The molecule has 0 unspecified atom stereocenters. The molecule has 0 aromatic rings. The Hall–Kier alpha value is -1.14. The van der Waals surface area contributed by atoms with Crippen LogP contribution in [0.25, 0.3) is 0 Å². The minimum absolute atomic E-state index is 0.00881. The zero-order valence-electron chi connectivity index (χ0n) is 11.8. The maximum Gasteiger partial charge on any atom is 0.310 e. The Bertz CT molecular complexity index is 416. The molecule has 1 amide bonds. The number of hydrogen-bond donors (Lipinski definition) is 1. The normalized spacial score (nSPS) is 43.8. The molecular formula is C14H21NO5. The molecule has 3 aliphatic heterocycles. The number of carboxylic acids is 1. The number of morpholine rings is 1. The number of aliphatic carboxylic acids is 1. The van der Waals surface area contributed by atoms with Crippen molar-refractivity contribution in [3.05, 3.63) is 0 Å². The van der Waals surface area contributed by atoms with Crippen molar-refractivity contribution in [2.75, 3.05) is 13.1 Å². The van der Waals surface area contributed by atoms with Crippen molar-refractivity contribution < 1.29 is 24.2 Å². The van der Waals surface area contributed by atoms with Crippen LogP contribution in [0.1, 0.15) is 26.7 Å². The van der Waals surface area contributed by atoms with Crippen LogP contribution in [0.3, 0.4) is 0 Å². The van der Waals surface area contributed by atoms with E-state index in [9.17, 15) is 14.7 Å². The predicted octanol–water partition coefficient (Wildman–Crippen LogP) is 0.500.